The van der Waals surface area contributed by atoms with Crippen LogP contribution in [0.3, 0.4) is 0 Å². The van der Waals surface area contributed by atoms with Crippen molar-refractivity contribution >= 4 is 34.9 Å². The molecular formula is C21H21N3O4. The van der Waals surface area contributed by atoms with Crippen LogP contribution in [-0.2, 0) is 14.3 Å². The van der Waals surface area contributed by atoms with Crippen LogP contribution >= 0.6 is 0 Å². The highest BCUT2D eigenvalue weighted by molar-refractivity contribution is 6.44. The second-order valence-electron chi connectivity index (χ2n) is 6.57. The number of hydrazone groups is 1. The smallest absolute Gasteiger partial charge is 0.337 e. The van der Waals surface area contributed by atoms with E-state index in [1.807, 2.05) is 32.0 Å². The van der Waals surface area contributed by atoms with Crippen LogP contribution in [0.2, 0.25) is 0 Å². The minimum absolute atomic E-state index is 0.146. The number of esters is 1. The third-order valence-corrected chi connectivity index (χ3v) is 4.45. The van der Waals surface area contributed by atoms with E-state index in [0.717, 1.165) is 11.1 Å². The maximum atomic E-state index is 12.6. The normalized spacial score (nSPS) is 13.8. The average molecular weight is 379 g/mol. The Morgan fingerprint density at radius 1 is 1.07 bits per heavy atom. The van der Waals surface area contributed by atoms with Gasteiger partial charge in [-0.1, -0.05) is 12.1 Å². The lowest BCUT2D eigenvalue weighted by atomic mass is 10.1. The zero-order valence-electron chi connectivity index (χ0n) is 16.0. The Morgan fingerprint density at radius 2 is 1.79 bits per heavy atom. The molecule has 0 spiro atoms. The van der Waals surface area contributed by atoms with Crippen molar-refractivity contribution in [2.45, 2.75) is 26.7 Å². The van der Waals surface area contributed by atoms with E-state index in [-0.39, 0.29) is 30.4 Å². The van der Waals surface area contributed by atoms with Crippen LogP contribution in [0.15, 0.2) is 47.6 Å². The van der Waals surface area contributed by atoms with Gasteiger partial charge in [0.25, 0.3) is 5.91 Å². The highest BCUT2D eigenvalue weighted by atomic mass is 16.5. The Hall–Kier alpha value is -3.48. The van der Waals surface area contributed by atoms with Crippen molar-refractivity contribution < 1.29 is 19.1 Å². The zero-order chi connectivity index (χ0) is 20.3. The lowest BCUT2D eigenvalue weighted by Gasteiger charge is -2.24. The number of anilines is 2. The average Bonchev–Trinajstić information content (AvgIpc) is 2.70. The van der Waals surface area contributed by atoms with Gasteiger partial charge >= 0.3 is 5.97 Å². The van der Waals surface area contributed by atoms with E-state index in [4.69, 9.17) is 0 Å². The van der Waals surface area contributed by atoms with Crippen LogP contribution in [-0.4, -0.2) is 30.6 Å². The van der Waals surface area contributed by atoms with Crippen molar-refractivity contribution in [2.75, 3.05) is 17.4 Å². The molecule has 0 radical (unpaired) electrons. The minimum atomic E-state index is -0.447. The van der Waals surface area contributed by atoms with Crippen LogP contribution in [0.4, 0.5) is 11.4 Å². The molecule has 0 atom stereocenters. The number of carbonyl (C=O) groups is 3. The Morgan fingerprint density at radius 3 is 2.46 bits per heavy atom. The minimum Gasteiger partial charge on any atom is -0.465 e. The maximum Gasteiger partial charge on any atom is 0.337 e. The number of amides is 2. The first kappa shape index (κ1) is 19.3. The molecule has 0 unspecified atom stereocenters. The molecule has 144 valence electrons. The number of hydrogen-bond donors (Lipinski definition) is 1. The highest BCUT2D eigenvalue weighted by Crippen LogP contribution is 2.25. The van der Waals surface area contributed by atoms with Gasteiger partial charge in [-0.2, -0.15) is 5.10 Å². The molecule has 0 saturated heterocycles. The first-order valence-electron chi connectivity index (χ1n) is 8.86. The lowest BCUT2D eigenvalue weighted by Crippen LogP contribution is -2.36. The molecular weight excluding hydrogens is 358 g/mol. The molecule has 28 heavy (non-hydrogen) atoms. The third-order valence-electron chi connectivity index (χ3n) is 4.45. The SMILES string of the molecule is COC(=O)c1ccc(NC(=O)C2=NN(c3cc(C)ccc3C)C(=O)CC2)cc1. The molecule has 2 aromatic rings. The van der Waals surface area contributed by atoms with Crippen LogP contribution in [0.5, 0.6) is 0 Å². The molecule has 1 aliphatic heterocycles. The highest BCUT2D eigenvalue weighted by Gasteiger charge is 2.26. The molecule has 3 rings (SSSR count). The quantitative estimate of drug-likeness (QED) is 0.826. The fourth-order valence-electron chi connectivity index (χ4n) is 2.86. The second kappa shape index (κ2) is 8.04. The lowest BCUT2D eigenvalue weighted by molar-refractivity contribution is -0.118. The monoisotopic (exact) mass is 379 g/mol. The topological polar surface area (TPSA) is 88.1 Å². The maximum absolute atomic E-state index is 12.6. The molecule has 2 amide bonds. The first-order chi connectivity index (χ1) is 13.4. The summed E-state index contributed by atoms with van der Waals surface area (Å²) in [5.41, 5.74) is 3.78. The summed E-state index contributed by atoms with van der Waals surface area (Å²) in [5, 5.41) is 8.36. The summed E-state index contributed by atoms with van der Waals surface area (Å²) in [5.74, 6) is -0.974. The zero-order valence-corrected chi connectivity index (χ0v) is 16.0. The molecule has 2 aromatic carbocycles. The standard InChI is InChI=1S/C21H21N3O4/c1-13-4-5-14(2)18(12-13)24-19(25)11-10-17(23-24)20(26)22-16-8-6-15(7-9-16)21(27)28-3/h4-9,12H,10-11H2,1-3H3,(H,22,26). The molecule has 0 bridgehead atoms. The van der Waals surface area contributed by atoms with Gasteiger partial charge in [0.2, 0.25) is 5.91 Å². The Bertz CT molecular complexity index is 964. The van der Waals surface area contributed by atoms with Crippen LogP contribution in [0.25, 0.3) is 0 Å². The molecule has 1 aliphatic rings. The molecule has 7 nitrogen and oxygen atoms in total. The summed E-state index contributed by atoms with van der Waals surface area (Å²) in [6.45, 7) is 3.83. The summed E-state index contributed by atoms with van der Waals surface area (Å²) in [4.78, 5) is 36.4. The number of carbonyl (C=O) groups excluding carboxylic acids is 3. The van der Waals surface area contributed by atoms with Gasteiger partial charge in [-0.25, -0.2) is 9.80 Å². The summed E-state index contributed by atoms with van der Waals surface area (Å²) in [6, 6.07) is 12.1. The predicted octanol–water partition coefficient (Wildman–Crippen LogP) is 3.21. The molecule has 0 fully saturated rings. The second-order valence-corrected chi connectivity index (χ2v) is 6.57. The van der Waals surface area contributed by atoms with E-state index < -0.39 is 5.97 Å². The van der Waals surface area contributed by atoms with E-state index in [1.54, 1.807) is 24.3 Å². The van der Waals surface area contributed by atoms with Crippen LogP contribution in [0, 0.1) is 13.8 Å². The number of nitrogens with one attached hydrogen (secondary N) is 1. The molecule has 1 N–H and O–H groups in total. The van der Waals surface area contributed by atoms with Gasteiger partial charge in [-0.15, -0.1) is 0 Å². The number of methoxy groups -OCH3 is 1. The Kier molecular flexibility index (Phi) is 5.54. The van der Waals surface area contributed by atoms with E-state index in [9.17, 15) is 14.4 Å². The molecule has 0 aliphatic carbocycles. The summed E-state index contributed by atoms with van der Waals surface area (Å²) < 4.78 is 4.65. The van der Waals surface area contributed by atoms with Crippen LogP contribution in [0.1, 0.15) is 34.3 Å². The number of rotatable bonds is 4. The van der Waals surface area contributed by atoms with Gasteiger partial charge in [0.1, 0.15) is 5.71 Å². The Balaban J connectivity index is 1.80. The van der Waals surface area contributed by atoms with E-state index in [0.29, 0.717) is 16.9 Å². The van der Waals surface area contributed by atoms with E-state index in [2.05, 4.69) is 15.2 Å². The number of hydrogen-bond acceptors (Lipinski definition) is 5. The molecule has 0 saturated carbocycles. The summed E-state index contributed by atoms with van der Waals surface area (Å²) in [6.07, 6.45) is 0.479. The fraction of sp³-hybridized carbons (Fsp3) is 0.238. The molecule has 7 heteroatoms. The number of benzene rings is 2. The van der Waals surface area contributed by atoms with Gasteiger partial charge in [0, 0.05) is 18.5 Å². The predicted molar refractivity (Wildman–Crippen MR) is 106 cm³/mol. The van der Waals surface area contributed by atoms with E-state index >= 15 is 0 Å². The number of aryl methyl sites for hydroxylation is 2. The van der Waals surface area contributed by atoms with Crippen molar-refractivity contribution in [2.24, 2.45) is 5.10 Å². The van der Waals surface area contributed by atoms with Crippen molar-refractivity contribution in [3.63, 3.8) is 0 Å². The fourth-order valence-corrected chi connectivity index (χ4v) is 2.86. The number of ether oxygens (including phenoxy) is 1. The van der Waals surface area contributed by atoms with Gasteiger partial charge in [0.15, 0.2) is 0 Å². The third kappa shape index (κ3) is 4.09. The first-order valence-corrected chi connectivity index (χ1v) is 8.86. The van der Waals surface area contributed by atoms with Gasteiger partial charge < -0.3 is 10.1 Å². The summed E-state index contributed by atoms with van der Waals surface area (Å²) >= 11 is 0. The van der Waals surface area contributed by atoms with Gasteiger partial charge in [-0.05, 0) is 55.3 Å². The molecule has 0 aromatic heterocycles. The van der Waals surface area contributed by atoms with Crippen molar-refractivity contribution in [3.05, 3.63) is 59.2 Å². The summed E-state index contributed by atoms with van der Waals surface area (Å²) in [7, 11) is 1.31. The van der Waals surface area contributed by atoms with Crippen molar-refractivity contribution in [1.29, 1.82) is 0 Å². The molecule has 1 heterocycles. The van der Waals surface area contributed by atoms with Gasteiger partial charge in [0.05, 0.1) is 18.4 Å². The van der Waals surface area contributed by atoms with Crippen LogP contribution < -0.4 is 10.3 Å². The Labute approximate surface area is 163 Å². The van der Waals surface area contributed by atoms with Crippen molar-refractivity contribution in [3.8, 4) is 0 Å². The van der Waals surface area contributed by atoms with E-state index in [1.165, 1.54) is 12.1 Å². The largest absolute Gasteiger partial charge is 0.465 e. The number of nitrogens with zero attached hydrogens (tertiary/aromatic N) is 2. The van der Waals surface area contributed by atoms with Crippen molar-refractivity contribution in [1.82, 2.24) is 0 Å². The van der Waals surface area contributed by atoms with Gasteiger partial charge in [-0.3, -0.25) is 9.59 Å².